The summed E-state index contributed by atoms with van der Waals surface area (Å²) in [5.74, 6) is -0.918. The van der Waals surface area contributed by atoms with Gasteiger partial charge in [0.2, 0.25) is 10.0 Å². The fraction of sp³-hybridized carbons (Fsp3) is 0.375. The zero-order valence-electron chi connectivity index (χ0n) is 19.9. The molecular formula is C24H27N3O6S2. The highest BCUT2D eigenvalue weighted by molar-refractivity contribution is 7.89. The predicted molar refractivity (Wildman–Crippen MR) is 132 cm³/mol. The summed E-state index contributed by atoms with van der Waals surface area (Å²) < 4.78 is 40.6. The van der Waals surface area contributed by atoms with Crippen LogP contribution in [-0.4, -0.2) is 61.6 Å². The van der Waals surface area contributed by atoms with E-state index < -0.39 is 21.9 Å². The summed E-state index contributed by atoms with van der Waals surface area (Å²) >= 11 is 1.29. The maximum absolute atomic E-state index is 13.1. The van der Waals surface area contributed by atoms with Crippen molar-refractivity contribution in [1.82, 2.24) is 8.87 Å². The fourth-order valence-electron chi connectivity index (χ4n) is 4.11. The minimum absolute atomic E-state index is 0.121. The third-order valence-corrected chi connectivity index (χ3v) is 8.63. The molecule has 2 heterocycles. The van der Waals surface area contributed by atoms with Crippen LogP contribution in [0.3, 0.4) is 0 Å². The molecule has 2 unspecified atom stereocenters. The first-order chi connectivity index (χ1) is 16.6. The molecule has 2 atom stereocenters. The van der Waals surface area contributed by atoms with Gasteiger partial charge in [-0.3, -0.25) is 4.79 Å². The molecule has 186 valence electrons. The molecule has 1 fully saturated rings. The average molecular weight is 518 g/mol. The Morgan fingerprint density at radius 1 is 1.09 bits per heavy atom. The molecule has 1 aromatic heterocycles. The number of nitrogens with zero attached hydrogens (tertiary/aromatic N) is 3. The average Bonchev–Trinajstić information content (AvgIpc) is 3.18. The number of esters is 1. The molecule has 11 heteroatoms. The number of hydrogen-bond acceptors (Lipinski definition) is 7. The van der Waals surface area contributed by atoms with Crippen molar-refractivity contribution in [3.05, 3.63) is 58.4 Å². The second-order valence-electron chi connectivity index (χ2n) is 8.32. The molecule has 1 saturated heterocycles. The number of fused-ring (bicyclic) bond motifs is 1. The Hall–Kier alpha value is -2.86. The van der Waals surface area contributed by atoms with Crippen LogP contribution in [0.2, 0.25) is 0 Å². The lowest BCUT2D eigenvalue weighted by Gasteiger charge is -2.34. The molecule has 2 aromatic carbocycles. The Balaban J connectivity index is 1.63. The van der Waals surface area contributed by atoms with Crippen LogP contribution >= 0.6 is 11.3 Å². The van der Waals surface area contributed by atoms with Crippen LogP contribution in [0, 0.1) is 0 Å². The second-order valence-corrected chi connectivity index (χ2v) is 11.3. The summed E-state index contributed by atoms with van der Waals surface area (Å²) in [4.78, 5) is 29.7. The highest BCUT2D eigenvalue weighted by atomic mass is 32.2. The highest BCUT2D eigenvalue weighted by Gasteiger charge is 2.32. The van der Waals surface area contributed by atoms with Crippen LogP contribution in [0.15, 0.2) is 52.4 Å². The maximum atomic E-state index is 13.1. The monoisotopic (exact) mass is 517 g/mol. The van der Waals surface area contributed by atoms with E-state index in [1.54, 1.807) is 18.2 Å². The molecule has 0 aliphatic carbocycles. The van der Waals surface area contributed by atoms with Crippen molar-refractivity contribution in [1.29, 1.82) is 0 Å². The van der Waals surface area contributed by atoms with Crippen molar-refractivity contribution in [3.63, 3.8) is 0 Å². The quantitative estimate of drug-likeness (QED) is 0.482. The first-order valence-corrected chi connectivity index (χ1v) is 13.5. The minimum atomic E-state index is -3.70. The number of carbonyl (C=O) groups excluding carboxylic acids is 2. The van der Waals surface area contributed by atoms with Gasteiger partial charge in [0.25, 0.3) is 5.91 Å². The number of carbonyl (C=O) groups is 2. The number of sulfonamides is 1. The largest absolute Gasteiger partial charge is 0.465 e. The van der Waals surface area contributed by atoms with Crippen molar-refractivity contribution in [3.8, 4) is 0 Å². The second kappa shape index (κ2) is 10.0. The van der Waals surface area contributed by atoms with Crippen molar-refractivity contribution >= 4 is 43.5 Å². The number of amides is 1. The normalized spacial score (nSPS) is 19.7. The topological polar surface area (TPSA) is 107 Å². The first kappa shape index (κ1) is 25.2. The Morgan fingerprint density at radius 3 is 2.31 bits per heavy atom. The van der Waals surface area contributed by atoms with Gasteiger partial charge in [-0.1, -0.05) is 11.3 Å². The summed E-state index contributed by atoms with van der Waals surface area (Å²) in [6.45, 7) is 6.77. The number of ether oxygens (including phenoxy) is 2. The van der Waals surface area contributed by atoms with Gasteiger partial charge in [-0.2, -0.15) is 9.30 Å². The highest BCUT2D eigenvalue weighted by Crippen LogP contribution is 2.22. The number of aromatic nitrogens is 1. The van der Waals surface area contributed by atoms with E-state index in [2.05, 4.69) is 4.99 Å². The molecule has 35 heavy (non-hydrogen) atoms. The third kappa shape index (κ3) is 5.08. The zero-order valence-corrected chi connectivity index (χ0v) is 21.6. The van der Waals surface area contributed by atoms with E-state index in [-0.39, 0.29) is 35.8 Å². The van der Waals surface area contributed by atoms with Crippen LogP contribution in [0.5, 0.6) is 0 Å². The van der Waals surface area contributed by atoms with E-state index in [9.17, 15) is 18.0 Å². The van der Waals surface area contributed by atoms with Crippen molar-refractivity contribution < 1.29 is 27.5 Å². The van der Waals surface area contributed by atoms with Gasteiger partial charge in [0.15, 0.2) is 4.80 Å². The lowest BCUT2D eigenvalue weighted by Crippen LogP contribution is -2.48. The van der Waals surface area contributed by atoms with Gasteiger partial charge in [-0.05, 0) is 63.2 Å². The van der Waals surface area contributed by atoms with Crippen LogP contribution in [-0.2, 0) is 26.0 Å². The van der Waals surface area contributed by atoms with Crippen LogP contribution < -0.4 is 4.80 Å². The molecule has 4 rings (SSSR count). The van der Waals surface area contributed by atoms with Gasteiger partial charge < -0.3 is 14.0 Å². The smallest absolute Gasteiger partial charge is 0.337 e. The molecule has 1 aliphatic rings. The lowest BCUT2D eigenvalue weighted by molar-refractivity contribution is -0.0440. The SMILES string of the molecule is CCn1c(=NC(=O)c2ccc(S(=O)(=O)N3CC(C)OC(C)C3)cc2)sc2cc(C(=O)OC)ccc21. The Kier molecular flexibility index (Phi) is 7.22. The molecule has 0 saturated carbocycles. The van der Waals surface area contributed by atoms with Gasteiger partial charge >= 0.3 is 5.97 Å². The lowest BCUT2D eigenvalue weighted by atomic mass is 10.2. The number of rotatable bonds is 5. The zero-order chi connectivity index (χ0) is 25.3. The van der Waals surface area contributed by atoms with Gasteiger partial charge in [-0.15, -0.1) is 0 Å². The Bertz CT molecular complexity index is 1430. The van der Waals surface area contributed by atoms with E-state index in [1.165, 1.54) is 47.0 Å². The third-order valence-electron chi connectivity index (χ3n) is 5.74. The van der Waals surface area contributed by atoms with Gasteiger partial charge in [0, 0.05) is 25.2 Å². The van der Waals surface area contributed by atoms with Crippen molar-refractivity contribution in [2.75, 3.05) is 20.2 Å². The van der Waals surface area contributed by atoms with E-state index >= 15 is 0 Å². The predicted octanol–water partition coefficient (Wildman–Crippen LogP) is 3.05. The molecule has 9 nitrogen and oxygen atoms in total. The molecule has 0 N–H and O–H groups in total. The van der Waals surface area contributed by atoms with Crippen LogP contribution in [0.1, 0.15) is 41.5 Å². The molecular weight excluding hydrogens is 490 g/mol. The summed E-state index contributed by atoms with van der Waals surface area (Å²) in [6.07, 6.45) is -0.383. The fourth-order valence-corrected chi connectivity index (χ4v) is 6.83. The number of thiazole rings is 1. The van der Waals surface area contributed by atoms with E-state index in [4.69, 9.17) is 9.47 Å². The summed E-state index contributed by atoms with van der Waals surface area (Å²) in [5, 5.41) is 0. The minimum Gasteiger partial charge on any atom is -0.465 e. The van der Waals surface area contributed by atoms with Crippen molar-refractivity contribution in [2.45, 2.75) is 44.4 Å². The van der Waals surface area contributed by atoms with E-state index in [0.717, 1.165) is 10.2 Å². The number of benzene rings is 2. The summed E-state index contributed by atoms with van der Waals surface area (Å²) in [7, 11) is -2.37. The Morgan fingerprint density at radius 2 is 1.71 bits per heavy atom. The molecule has 3 aromatic rings. The van der Waals surface area contributed by atoms with Crippen LogP contribution in [0.25, 0.3) is 10.2 Å². The van der Waals surface area contributed by atoms with Gasteiger partial charge in [0.1, 0.15) is 0 Å². The summed E-state index contributed by atoms with van der Waals surface area (Å²) in [5.41, 5.74) is 1.55. The number of methoxy groups -OCH3 is 1. The van der Waals surface area contributed by atoms with Gasteiger partial charge in [-0.25, -0.2) is 13.2 Å². The maximum Gasteiger partial charge on any atom is 0.337 e. The molecule has 1 amide bonds. The number of morpholine rings is 1. The standard InChI is InChI=1S/C24H27N3O6S2/c1-5-27-20-11-8-18(23(29)32-4)12-21(20)34-24(27)25-22(28)17-6-9-19(10-7-17)35(30,31)26-13-15(2)33-16(3)14-26/h6-12,15-16H,5,13-14H2,1-4H3. The molecule has 0 spiro atoms. The summed E-state index contributed by atoms with van der Waals surface area (Å²) in [6, 6.07) is 11.0. The molecule has 1 aliphatic heterocycles. The van der Waals surface area contributed by atoms with Gasteiger partial charge in [0.05, 0.1) is 40.0 Å². The first-order valence-electron chi connectivity index (χ1n) is 11.2. The van der Waals surface area contributed by atoms with Crippen LogP contribution in [0.4, 0.5) is 0 Å². The number of hydrogen-bond donors (Lipinski definition) is 0. The molecule has 0 radical (unpaired) electrons. The molecule has 0 bridgehead atoms. The van der Waals surface area contributed by atoms with Crippen molar-refractivity contribution in [2.24, 2.45) is 4.99 Å². The number of aryl methyl sites for hydroxylation is 1. The van der Waals surface area contributed by atoms with E-state index in [1.807, 2.05) is 25.3 Å². The Labute approximate surface area is 207 Å². The van der Waals surface area contributed by atoms with E-state index in [0.29, 0.717) is 16.9 Å².